The second kappa shape index (κ2) is 17.7. The Morgan fingerprint density at radius 2 is 0.740 bits per heavy atom. The van der Waals surface area contributed by atoms with Crippen molar-refractivity contribution >= 4 is 71.2 Å². The van der Waals surface area contributed by atoms with Crippen LogP contribution in [0.2, 0.25) is 0 Å². The lowest BCUT2D eigenvalue weighted by Crippen LogP contribution is -2.14. The molecule has 0 saturated carbocycles. The third kappa shape index (κ3) is 7.10. The van der Waals surface area contributed by atoms with Crippen LogP contribution in [0, 0.1) is 0 Å². The van der Waals surface area contributed by atoms with Gasteiger partial charge in [0.25, 0.3) is 0 Å². The first-order valence-corrected chi connectivity index (χ1v) is 26.8. The zero-order valence-electron chi connectivity index (χ0n) is 43.0. The first kappa shape index (κ1) is 44.7. The van der Waals surface area contributed by atoms with Gasteiger partial charge in [0, 0.05) is 38.6 Å². The highest BCUT2D eigenvalue weighted by atomic mass is 15.1. The Bertz CT molecular complexity index is 4470. The van der Waals surface area contributed by atoms with Gasteiger partial charge >= 0.3 is 0 Å². The zero-order valence-corrected chi connectivity index (χ0v) is 43.0. The van der Waals surface area contributed by atoms with E-state index >= 15 is 0 Å². The van der Waals surface area contributed by atoms with Crippen molar-refractivity contribution in [3.8, 4) is 61.3 Å². The highest BCUT2D eigenvalue weighted by molar-refractivity contribution is 6.24. The summed E-state index contributed by atoms with van der Waals surface area (Å²) in [6.07, 6.45) is 0. The molecule has 1 aromatic heterocycles. The van der Waals surface area contributed by atoms with Crippen molar-refractivity contribution in [3.63, 3.8) is 0 Å². The summed E-state index contributed by atoms with van der Waals surface area (Å²) in [7, 11) is 0. The van der Waals surface area contributed by atoms with Crippen molar-refractivity contribution in [3.05, 3.63) is 290 Å². The summed E-state index contributed by atoms with van der Waals surface area (Å²) in [5.74, 6) is 0. The molecule has 1 heterocycles. The van der Waals surface area contributed by atoms with Crippen molar-refractivity contribution in [1.82, 2.24) is 4.57 Å². The largest absolute Gasteiger partial charge is 0.310 e. The van der Waals surface area contributed by atoms with Gasteiger partial charge in [-0.15, -0.1) is 0 Å². The van der Waals surface area contributed by atoms with E-state index in [1.165, 1.54) is 121 Å². The molecule has 77 heavy (non-hydrogen) atoms. The second-order valence-corrected chi connectivity index (χ2v) is 21.2. The van der Waals surface area contributed by atoms with Crippen LogP contribution in [0.5, 0.6) is 0 Å². The molecule has 13 aromatic carbocycles. The van der Waals surface area contributed by atoms with Gasteiger partial charge in [-0.05, 0) is 166 Å². The molecule has 0 N–H and O–H groups in total. The predicted octanol–water partition coefficient (Wildman–Crippen LogP) is 20.7. The van der Waals surface area contributed by atoms with Crippen LogP contribution in [0.4, 0.5) is 17.1 Å². The number of hydrogen-bond acceptors (Lipinski definition) is 1. The van der Waals surface area contributed by atoms with E-state index in [9.17, 15) is 0 Å². The zero-order chi connectivity index (χ0) is 51.2. The van der Waals surface area contributed by atoms with Gasteiger partial charge in [-0.1, -0.05) is 220 Å². The Morgan fingerprint density at radius 3 is 1.34 bits per heavy atom. The Labute approximate surface area is 449 Å². The average Bonchev–Trinajstić information content (AvgIpc) is 4.02. The summed E-state index contributed by atoms with van der Waals surface area (Å²) in [5.41, 5.74) is 22.0. The van der Waals surface area contributed by atoms with Crippen molar-refractivity contribution in [2.75, 3.05) is 4.90 Å². The summed E-state index contributed by atoms with van der Waals surface area (Å²) >= 11 is 0. The van der Waals surface area contributed by atoms with Gasteiger partial charge in [-0.3, -0.25) is 0 Å². The van der Waals surface area contributed by atoms with Gasteiger partial charge in [0.05, 0.1) is 16.7 Å². The molecule has 15 rings (SSSR count). The number of hydrogen-bond donors (Lipinski definition) is 0. The molecular weight excluding hydrogens is 929 g/mol. The molecule has 0 saturated heterocycles. The van der Waals surface area contributed by atoms with Crippen LogP contribution in [0.25, 0.3) is 115 Å². The monoisotopic (exact) mass is 980 g/mol. The molecule has 362 valence electrons. The van der Waals surface area contributed by atoms with Crippen LogP contribution < -0.4 is 4.90 Å². The highest BCUT2D eigenvalue weighted by Gasteiger charge is 2.35. The summed E-state index contributed by atoms with van der Waals surface area (Å²) < 4.78 is 2.43. The molecule has 0 fully saturated rings. The molecule has 0 spiro atoms. The first-order valence-electron chi connectivity index (χ1n) is 26.8. The van der Waals surface area contributed by atoms with Crippen molar-refractivity contribution in [2.24, 2.45) is 0 Å². The van der Waals surface area contributed by atoms with Gasteiger partial charge in [0.2, 0.25) is 0 Å². The number of anilines is 3. The molecule has 0 bridgehead atoms. The van der Waals surface area contributed by atoms with Crippen molar-refractivity contribution in [1.29, 1.82) is 0 Å². The minimum Gasteiger partial charge on any atom is -0.310 e. The van der Waals surface area contributed by atoms with Crippen LogP contribution in [0.3, 0.4) is 0 Å². The number of aromatic nitrogens is 1. The Balaban J connectivity index is 0.876. The van der Waals surface area contributed by atoms with E-state index in [4.69, 9.17) is 0 Å². The number of nitrogens with zero attached hydrogens (tertiary/aromatic N) is 2. The van der Waals surface area contributed by atoms with E-state index in [2.05, 4.69) is 302 Å². The lowest BCUT2D eigenvalue weighted by molar-refractivity contribution is 0.660. The normalized spacial score (nSPS) is 12.6. The fourth-order valence-electron chi connectivity index (χ4n) is 13.0. The average molecular weight is 981 g/mol. The molecule has 14 aromatic rings. The van der Waals surface area contributed by atoms with E-state index in [0.717, 1.165) is 22.7 Å². The maximum atomic E-state index is 2.48. The van der Waals surface area contributed by atoms with Gasteiger partial charge in [0.1, 0.15) is 0 Å². The van der Waals surface area contributed by atoms with E-state index in [1.54, 1.807) is 0 Å². The number of rotatable bonds is 8. The predicted molar refractivity (Wildman–Crippen MR) is 327 cm³/mol. The highest BCUT2D eigenvalue weighted by Crippen LogP contribution is 2.52. The summed E-state index contributed by atoms with van der Waals surface area (Å²) in [6, 6.07) is 103. The molecule has 0 aliphatic heterocycles. The molecule has 0 unspecified atom stereocenters. The van der Waals surface area contributed by atoms with Gasteiger partial charge in [-0.25, -0.2) is 0 Å². The van der Waals surface area contributed by atoms with Crippen LogP contribution in [0.15, 0.2) is 279 Å². The van der Waals surface area contributed by atoms with E-state index < -0.39 is 0 Å². The minimum absolute atomic E-state index is 0.0996. The van der Waals surface area contributed by atoms with Gasteiger partial charge < -0.3 is 9.47 Å². The molecular formula is C75H52N2. The van der Waals surface area contributed by atoms with Crippen molar-refractivity contribution in [2.45, 2.75) is 19.3 Å². The van der Waals surface area contributed by atoms with Gasteiger partial charge in [-0.2, -0.15) is 0 Å². The molecule has 0 radical (unpaired) electrons. The number of para-hydroxylation sites is 1. The van der Waals surface area contributed by atoms with E-state index in [0.29, 0.717) is 0 Å². The van der Waals surface area contributed by atoms with E-state index in [-0.39, 0.29) is 5.41 Å². The Hall–Kier alpha value is -9.76. The molecule has 1 aliphatic carbocycles. The molecule has 2 heteroatoms. The lowest BCUT2D eigenvalue weighted by Gasteiger charge is -2.28. The quantitative estimate of drug-likeness (QED) is 0.138. The third-order valence-electron chi connectivity index (χ3n) is 16.6. The van der Waals surface area contributed by atoms with Crippen molar-refractivity contribution < 1.29 is 0 Å². The molecule has 1 aliphatic rings. The standard InChI is InChI=1S/C75H52N2/c1-75(2)68-33-19-18-27-58(68)59-41-34-53(48-69(59)75)73-61-29-14-16-31-63(61)74(64-32-17-15-30-62(64)73)65-42-45-70(60-28-13-12-26-57(60)65)76(54-24-10-5-11-25-54)55-37-39-56(40-38-55)77-71-43-35-51(49-20-6-3-7-21-49)46-66(71)67-47-52(36-44-72(67)77)50-22-8-4-9-23-50/h3-48H,1-2H3. The maximum absolute atomic E-state index is 2.48. The minimum atomic E-state index is -0.0996. The lowest BCUT2D eigenvalue weighted by atomic mass is 9.80. The maximum Gasteiger partial charge on any atom is 0.0541 e. The Morgan fingerprint density at radius 1 is 0.286 bits per heavy atom. The molecule has 2 nitrogen and oxygen atoms in total. The molecule has 0 amide bonds. The topological polar surface area (TPSA) is 8.17 Å². The van der Waals surface area contributed by atoms with Crippen LogP contribution >= 0.6 is 0 Å². The fraction of sp³-hybridized carbons (Fsp3) is 0.0400. The fourth-order valence-corrected chi connectivity index (χ4v) is 13.0. The van der Waals surface area contributed by atoms with Crippen LogP contribution in [0.1, 0.15) is 25.0 Å². The second-order valence-electron chi connectivity index (χ2n) is 21.2. The first-order chi connectivity index (χ1) is 38.0. The third-order valence-corrected chi connectivity index (χ3v) is 16.6. The van der Waals surface area contributed by atoms with E-state index in [1.807, 2.05) is 0 Å². The molecule has 0 atom stereocenters. The summed E-state index contributed by atoms with van der Waals surface area (Å²) in [6.45, 7) is 4.75. The SMILES string of the molecule is CC1(C)c2ccccc2-c2ccc(-c3c4ccccc4c(-c4ccc(N(c5ccccc5)c5ccc(-n6c7ccc(-c8ccccc8)cc7c7cc(-c8ccccc8)ccc76)cc5)c5ccccc45)c4ccccc34)cc21. The van der Waals surface area contributed by atoms with Crippen LogP contribution in [-0.2, 0) is 5.41 Å². The summed E-state index contributed by atoms with van der Waals surface area (Å²) in [5, 5.41) is 9.85. The summed E-state index contributed by atoms with van der Waals surface area (Å²) in [4.78, 5) is 2.42. The van der Waals surface area contributed by atoms with Gasteiger partial charge in [0.15, 0.2) is 0 Å². The smallest absolute Gasteiger partial charge is 0.0541 e. The Kier molecular flexibility index (Phi) is 10.3. The number of fused-ring (bicyclic) bond motifs is 9. The van der Waals surface area contributed by atoms with Crippen LogP contribution in [-0.4, -0.2) is 4.57 Å². The number of benzene rings is 13.